The van der Waals surface area contributed by atoms with E-state index in [1.54, 1.807) is 0 Å². The summed E-state index contributed by atoms with van der Waals surface area (Å²) in [4.78, 5) is 4.14. The maximum Gasteiger partial charge on any atom is 0.156 e. The van der Waals surface area contributed by atoms with Gasteiger partial charge in [-0.15, -0.1) is 10.2 Å². The third kappa shape index (κ3) is 2.04. The van der Waals surface area contributed by atoms with Gasteiger partial charge in [0.25, 0.3) is 0 Å². The summed E-state index contributed by atoms with van der Waals surface area (Å²) < 4.78 is 1.01. The minimum Gasteiger partial charge on any atom is -0.371 e. The predicted molar refractivity (Wildman–Crippen MR) is 67.2 cm³/mol. The van der Waals surface area contributed by atoms with Crippen LogP contribution in [0.25, 0.3) is 11.3 Å². The van der Waals surface area contributed by atoms with Crippen LogP contribution in [0.3, 0.4) is 0 Å². The first-order valence-electron chi connectivity index (χ1n) is 4.84. The van der Waals surface area contributed by atoms with Gasteiger partial charge in [-0.05, 0) is 24.6 Å². The van der Waals surface area contributed by atoms with E-state index < -0.39 is 0 Å². The van der Waals surface area contributed by atoms with Gasteiger partial charge in [-0.25, -0.2) is 4.98 Å². The fraction of sp³-hybridized carbons (Fsp3) is 0.182. The molecule has 0 amide bonds. The Morgan fingerprint density at radius 3 is 2.88 bits per heavy atom. The molecule has 0 aliphatic carbocycles. The molecule has 0 bridgehead atoms. The molecule has 1 N–H and O–H groups in total. The fourth-order valence-corrected chi connectivity index (χ4v) is 1.85. The number of nitrogens with zero attached hydrogens (tertiary/aromatic N) is 3. The smallest absolute Gasteiger partial charge is 0.156 e. The highest BCUT2D eigenvalue weighted by Gasteiger charge is 2.10. The Labute approximate surface area is 102 Å². The van der Waals surface area contributed by atoms with E-state index in [0.717, 1.165) is 27.1 Å². The molecular formula is C11H11BrN4. The van der Waals surface area contributed by atoms with Crippen LogP contribution in [0.1, 0.15) is 5.56 Å². The van der Waals surface area contributed by atoms with Gasteiger partial charge in [0.05, 0.1) is 0 Å². The van der Waals surface area contributed by atoms with Gasteiger partial charge in [-0.3, -0.25) is 0 Å². The zero-order chi connectivity index (χ0) is 11.5. The van der Waals surface area contributed by atoms with Gasteiger partial charge in [0.2, 0.25) is 0 Å². The summed E-state index contributed by atoms with van der Waals surface area (Å²) >= 11 is 3.45. The average molecular weight is 279 g/mol. The number of aryl methyl sites for hydroxylation is 1. The standard InChI is InChI=1S/C11H11BrN4/c1-7-3-4-8(12)5-9(7)10-11(13-2)14-6-15-16-10/h3-6H,1-2H3,(H,13,14,15). The highest BCUT2D eigenvalue weighted by molar-refractivity contribution is 9.10. The first-order valence-corrected chi connectivity index (χ1v) is 5.63. The molecule has 0 aliphatic rings. The van der Waals surface area contributed by atoms with Gasteiger partial charge >= 0.3 is 0 Å². The van der Waals surface area contributed by atoms with Crippen LogP contribution >= 0.6 is 15.9 Å². The lowest BCUT2D eigenvalue weighted by Gasteiger charge is -2.08. The van der Waals surface area contributed by atoms with Crippen molar-refractivity contribution in [2.45, 2.75) is 6.92 Å². The Hall–Kier alpha value is -1.49. The van der Waals surface area contributed by atoms with E-state index in [2.05, 4.69) is 36.4 Å². The summed E-state index contributed by atoms with van der Waals surface area (Å²) in [6.07, 6.45) is 1.43. The van der Waals surface area contributed by atoms with Gasteiger partial charge in [0.15, 0.2) is 5.82 Å². The second kappa shape index (κ2) is 4.57. The van der Waals surface area contributed by atoms with Crippen LogP contribution in [0.4, 0.5) is 5.82 Å². The highest BCUT2D eigenvalue weighted by Crippen LogP contribution is 2.28. The van der Waals surface area contributed by atoms with Gasteiger partial charge in [-0.1, -0.05) is 22.0 Å². The van der Waals surface area contributed by atoms with Crippen molar-refractivity contribution in [3.63, 3.8) is 0 Å². The molecule has 0 fully saturated rings. The first kappa shape index (κ1) is 11.0. The van der Waals surface area contributed by atoms with Crippen LogP contribution in [0.5, 0.6) is 0 Å². The van der Waals surface area contributed by atoms with Crippen LogP contribution in [0.15, 0.2) is 29.0 Å². The van der Waals surface area contributed by atoms with Gasteiger partial charge in [0.1, 0.15) is 12.0 Å². The maximum atomic E-state index is 4.14. The lowest BCUT2D eigenvalue weighted by Crippen LogP contribution is -2.00. The number of aromatic nitrogens is 3. The normalized spacial score (nSPS) is 10.2. The van der Waals surface area contributed by atoms with Crippen LogP contribution < -0.4 is 5.32 Å². The molecular weight excluding hydrogens is 268 g/mol. The minimum absolute atomic E-state index is 0.733. The topological polar surface area (TPSA) is 50.7 Å². The molecule has 2 aromatic rings. The number of anilines is 1. The molecule has 0 saturated carbocycles. The van der Waals surface area contributed by atoms with Gasteiger partial charge in [0, 0.05) is 17.1 Å². The van der Waals surface area contributed by atoms with E-state index in [0.29, 0.717) is 0 Å². The number of hydrogen-bond acceptors (Lipinski definition) is 4. The lowest BCUT2D eigenvalue weighted by atomic mass is 10.1. The second-order valence-corrected chi connectivity index (χ2v) is 4.28. The Kier molecular flexibility index (Phi) is 3.14. The zero-order valence-electron chi connectivity index (χ0n) is 9.03. The Morgan fingerprint density at radius 2 is 2.12 bits per heavy atom. The van der Waals surface area contributed by atoms with E-state index >= 15 is 0 Å². The molecule has 0 saturated heterocycles. The number of benzene rings is 1. The molecule has 1 heterocycles. The molecule has 1 aromatic heterocycles. The zero-order valence-corrected chi connectivity index (χ0v) is 10.6. The molecule has 1 aromatic carbocycles. The van der Waals surface area contributed by atoms with Crippen molar-refractivity contribution in [3.8, 4) is 11.3 Å². The van der Waals surface area contributed by atoms with Crippen LogP contribution in [-0.2, 0) is 0 Å². The van der Waals surface area contributed by atoms with E-state index in [4.69, 9.17) is 0 Å². The van der Waals surface area contributed by atoms with Crippen LogP contribution in [-0.4, -0.2) is 22.2 Å². The summed E-state index contributed by atoms with van der Waals surface area (Å²) in [6.45, 7) is 2.04. The maximum absolute atomic E-state index is 4.14. The Morgan fingerprint density at radius 1 is 1.31 bits per heavy atom. The third-order valence-electron chi connectivity index (χ3n) is 2.31. The summed E-state index contributed by atoms with van der Waals surface area (Å²) in [6, 6.07) is 6.05. The summed E-state index contributed by atoms with van der Waals surface area (Å²) in [5.41, 5.74) is 2.94. The molecule has 0 spiro atoms. The van der Waals surface area contributed by atoms with E-state index in [9.17, 15) is 0 Å². The third-order valence-corrected chi connectivity index (χ3v) is 2.81. The van der Waals surface area contributed by atoms with Crippen molar-refractivity contribution >= 4 is 21.7 Å². The molecule has 2 rings (SSSR count). The van der Waals surface area contributed by atoms with Crippen molar-refractivity contribution in [1.82, 2.24) is 15.2 Å². The van der Waals surface area contributed by atoms with Crippen LogP contribution in [0, 0.1) is 6.92 Å². The van der Waals surface area contributed by atoms with Crippen molar-refractivity contribution in [3.05, 3.63) is 34.6 Å². The molecule has 0 atom stereocenters. The van der Waals surface area contributed by atoms with E-state index in [1.165, 1.54) is 6.33 Å². The van der Waals surface area contributed by atoms with Crippen molar-refractivity contribution < 1.29 is 0 Å². The van der Waals surface area contributed by atoms with Gasteiger partial charge < -0.3 is 5.32 Å². The molecule has 0 aliphatic heterocycles. The van der Waals surface area contributed by atoms with E-state index in [-0.39, 0.29) is 0 Å². The quantitative estimate of drug-likeness (QED) is 0.918. The largest absolute Gasteiger partial charge is 0.371 e. The van der Waals surface area contributed by atoms with E-state index in [1.807, 2.05) is 32.2 Å². The predicted octanol–water partition coefficient (Wildman–Crippen LogP) is 2.65. The number of hydrogen-bond donors (Lipinski definition) is 1. The summed E-state index contributed by atoms with van der Waals surface area (Å²) in [5, 5.41) is 11.0. The highest BCUT2D eigenvalue weighted by atomic mass is 79.9. The molecule has 0 unspecified atom stereocenters. The first-order chi connectivity index (χ1) is 7.72. The lowest BCUT2D eigenvalue weighted by molar-refractivity contribution is 0.976. The van der Waals surface area contributed by atoms with Crippen molar-refractivity contribution in [2.24, 2.45) is 0 Å². The molecule has 0 radical (unpaired) electrons. The van der Waals surface area contributed by atoms with Crippen LogP contribution in [0.2, 0.25) is 0 Å². The Bertz CT molecular complexity index is 513. The molecule has 4 nitrogen and oxygen atoms in total. The minimum atomic E-state index is 0.733. The number of rotatable bonds is 2. The number of halogens is 1. The summed E-state index contributed by atoms with van der Waals surface area (Å²) in [7, 11) is 1.82. The molecule has 16 heavy (non-hydrogen) atoms. The fourth-order valence-electron chi connectivity index (χ4n) is 1.49. The number of nitrogens with one attached hydrogen (secondary N) is 1. The second-order valence-electron chi connectivity index (χ2n) is 3.37. The Balaban J connectivity index is 2.62. The monoisotopic (exact) mass is 278 g/mol. The molecule has 82 valence electrons. The average Bonchev–Trinajstić information content (AvgIpc) is 2.32. The van der Waals surface area contributed by atoms with Crippen molar-refractivity contribution in [1.29, 1.82) is 0 Å². The SMILES string of the molecule is CNc1ncnnc1-c1cc(Br)ccc1C. The molecule has 5 heteroatoms. The summed E-state index contributed by atoms with van der Waals surface area (Å²) in [5.74, 6) is 0.733. The van der Waals surface area contributed by atoms with Gasteiger partial charge in [-0.2, -0.15) is 0 Å². The van der Waals surface area contributed by atoms with Crippen molar-refractivity contribution in [2.75, 3.05) is 12.4 Å².